The summed E-state index contributed by atoms with van der Waals surface area (Å²) < 4.78 is 7.13. The van der Waals surface area contributed by atoms with Crippen LogP contribution in [0, 0.1) is 13.8 Å². The molecule has 2 aromatic heterocycles. The number of aromatic nitrogens is 2. The van der Waals surface area contributed by atoms with Crippen LogP contribution >= 0.6 is 0 Å². The molecule has 2 heterocycles. The van der Waals surface area contributed by atoms with Crippen molar-refractivity contribution >= 4 is 5.78 Å². The summed E-state index contributed by atoms with van der Waals surface area (Å²) in [6.45, 7) is 6.54. The number of hydrogen-bond acceptors (Lipinski definition) is 3. The number of hydrogen-bond donors (Lipinski definition) is 0. The molecule has 2 aromatic rings. The summed E-state index contributed by atoms with van der Waals surface area (Å²) in [4.78, 5) is 11.8. The van der Waals surface area contributed by atoms with Crippen molar-refractivity contribution in [2.75, 3.05) is 0 Å². The average Bonchev–Trinajstić information content (AvgIpc) is 2.92. The van der Waals surface area contributed by atoms with Crippen molar-refractivity contribution in [3.05, 3.63) is 41.0 Å². The summed E-state index contributed by atoms with van der Waals surface area (Å²) in [5.74, 6) is 1.04. The number of carbonyl (C=O) groups is 1. The highest BCUT2D eigenvalue weighted by Crippen LogP contribution is 2.15. The Balaban J connectivity index is 2.14. The molecule has 0 unspecified atom stereocenters. The molecule has 4 heteroatoms. The van der Waals surface area contributed by atoms with Gasteiger partial charge in [-0.1, -0.05) is 12.1 Å². The van der Waals surface area contributed by atoms with Crippen molar-refractivity contribution in [1.29, 1.82) is 0 Å². The molecule has 4 nitrogen and oxygen atoms in total. The van der Waals surface area contributed by atoms with Gasteiger partial charge in [0.15, 0.2) is 5.78 Å². The van der Waals surface area contributed by atoms with Gasteiger partial charge in [0.1, 0.15) is 5.76 Å². The molecule has 0 fully saturated rings. The molecule has 0 amide bonds. The zero-order chi connectivity index (χ0) is 13.1. The molecule has 96 valence electrons. The molecular weight excluding hydrogens is 228 g/mol. The predicted octanol–water partition coefficient (Wildman–Crippen LogP) is 3.12. The van der Waals surface area contributed by atoms with Crippen LogP contribution in [0.15, 0.2) is 23.0 Å². The van der Waals surface area contributed by atoms with Crippen molar-refractivity contribution in [1.82, 2.24) is 9.72 Å². The van der Waals surface area contributed by atoms with Crippen molar-refractivity contribution < 1.29 is 9.32 Å². The van der Waals surface area contributed by atoms with E-state index in [4.69, 9.17) is 4.52 Å². The normalized spacial score (nSPS) is 10.8. The van der Waals surface area contributed by atoms with Crippen LogP contribution < -0.4 is 0 Å². The third-order valence-corrected chi connectivity index (χ3v) is 3.07. The number of aryl methyl sites for hydroxylation is 2. The fraction of sp³-hybridized carbons (Fsp3) is 0.429. The SMILES string of the molecule is CCCC(=O)c1ccn(Cc2c(C)noc2C)c1. The van der Waals surface area contributed by atoms with E-state index in [0.29, 0.717) is 13.0 Å². The standard InChI is InChI=1S/C14H18N2O2/c1-4-5-14(17)12-6-7-16(8-12)9-13-10(2)15-18-11(13)3/h6-8H,4-5,9H2,1-3H3. The maximum absolute atomic E-state index is 11.8. The van der Waals surface area contributed by atoms with Gasteiger partial charge >= 0.3 is 0 Å². The van der Waals surface area contributed by atoms with Crippen LogP contribution in [0.3, 0.4) is 0 Å². The molecule has 0 aliphatic rings. The van der Waals surface area contributed by atoms with Gasteiger partial charge in [-0.3, -0.25) is 4.79 Å². The molecule has 0 atom stereocenters. The van der Waals surface area contributed by atoms with Crippen LogP contribution in [0.4, 0.5) is 0 Å². The van der Waals surface area contributed by atoms with Crippen LogP contribution in [-0.4, -0.2) is 15.5 Å². The minimum absolute atomic E-state index is 0.204. The van der Waals surface area contributed by atoms with Crippen LogP contribution in [-0.2, 0) is 6.54 Å². The van der Waals surface area contributed by atoms with Crippen molar-refractivity contribution in [2.45, 2.75) is 40.2 Å². The fourth-order valence-corrected chi connectivity index (χ4v) is 1.99. The minimum Gasteiger partial charge on any atom is -0.361 e. The number of ketones is 1. The van der Waals surface area contributed by atoms with E-state index < -0.39 is 0 Å². The third kappa shape index (κ3) is 2.53. The Morgan fingerprint density at radius 2 is 2.22 bits per heavy atom. The van der Waals surface area contributed by atoms with Gasteiger partial charge in [0.05, 0.1) is 12.2 Å². The number of carbonyl (C=O) groups excluding carboxylic acids is 1. The van der Waals surface area contributed by atoms with Gasteiger partial charge in [0, 0.05) is 29.9 Å². The van der Waals surface area contributed by atoms with Crippen molar-refractivity contribution in [3.8, 4) is 0 Å². The quantitative estimate of drug-likeness (QED) is 0.761. The predicted molar refractivity (Wildman–Crippen MR) is 68.7 cm³/mol. The van der Waals surface area contributed by atoms with E-state index >= 15 is 0 Å². The van der Waals surface area contributed by atoms with Crippen molar-refractivity contribution in [3.63, 3.8) is 0 Å². The highest BCUT2D eigenvalue weighted by molar-refractivity contribution is 5.95. The Hall–Kier alpha value is -1.84. The highest BCUT2D eigenvalue weighted by Gasteiger charge is 2.11. The monoisotopic (exact) mass is 246 g/mol. The maximum Gasteiger partial charge on any atom is 0.164 e. The summed E-state index contributed by atoms with van der Waals surface area (Å²) in [6.07, 6.45) is 5.31. The highest BCUT2D eigenvalue weighted by atomic mass is 16.5. The Morgan fingerprint density at radius 1 is 1.44 bits per heavy atom. The molecule has 2 rings (SSSR count). The van der Waals surface area contributed by atoms with Crippen molar-refractivity contribution in [2.24, 2.45) is 0 Å². The van der Waals surface area contributed by atoms with Crippen LogP contribution in [0.2, 0.25) is 0 Å². The lowest BCUT2D eigenvalue weighted by Gasteiger charge is -2.01. The zero-order valence-corrected chi connectivity index (χ0v) is 11.1. The van der Waals surface area contributed by atoms with Crippen LogP contribution in [0.1, 0.15) is 47.1 Å². The van der Waals surface area contributed by atoms with Gasteiger partial charge in [-0.15, -0.1) is 0 Å². The first-order chi connectivity index (χ1) is 8.61. The van der Waals surface area contributed by atoms with Gasteiger partial charge in [-0.2, -0.15) is 0 Å². The number of rotatable bonds is 5. The third-order valence-electron chi connectivity index (χ3n) is 3.07. The second-order valence-corrected chi connectivity index (χ2v) is 4.55. The van der Waals surface area contributed by atoms with Gasteiger partial charge in [-0.25, -0.2) is 0 Å². The smallest absolute Gasteiger partial charge is 0.164 e. The Morgan fingerprint density at radius 3 is 2.83 bits per heavy atom. The summed E-state index contributed by atoms with van der Waals surface area (Å²) in [7, 11) is 0. The molecule has 0 spiro atoms. The fourth-order valence-electron chi connectivity index (χ4n) is 1.99. The van der Waals surface area contributed by atoms with Gasteiger partial charge in [0.25, 0.3) is 0 Å². The summed E-state index contributed by atoms with van der Waals surface area (Å²) in [5, 5.41) is 3.93. The van der Waals surface area contributed by atoms with Gasteiger partial charge < -0.3 is 9.09 Å². The zero-order valence-electron chi connectivity index (χ0n) is 11.1. The second kappa shape index (κ2) is 5.21. The van der Waals surface area contributed by atoms with Gasteiger partial charge in [-0.05, 0) is 26.3 Å². The average molecular weight is 246 g/mol. The minimum atomic E-state index is 0.204. The lowest BCUT2D eigenvalue weighted by atomic mass is 10.1. The lowest BCUT2D eigenvalue weighted by molar-refractivity contribution is 0.0981. The first-order valence-corrected chi connectivity index (χ1v) is 6.22. The summed E-state index contributed by atoms with van der Waals surface area (Å²) >= 11 is 0. The van der Waals surface area contributed by atoms with Crippen LogP contribution in [0.5, 0.6) is 0 Å². The Labute approximate surface area is 107 Å². The second-order valence-electron chi connectivity index (χ2n) is 4.55. The molecule has 0 bridgehead atoms. The van der Waals surface area contributed by atoms with E-state index in [2.05, 4.69) is 5.16 Å². The molecule has 0 saturated carbocycles. The topological polar surface area (TPSA) is 48.0 Å². The molecule has 0 N–H and O–H groups in total. The molecular formula is C14H18N2O2. The molecule has 0 aliphatic heterocycles. The number of Topliss-reactive ketones (excluding diaryl/α,β-unsaturated/α-hetero) is 1. The summed E-state index contributed by atoms with van der Waals surface area (Å²) in [5.41, 5.74) is 2.77. The number of nitrogens with zero attached hydrogens (tertiary/aromatic N) is 2. The summed E-state index contributed by atoms with van der Waals surface area (Å²) in [6, 6.07) is 1.87. The van der Waals surface area contributed by atoms with E-state index in [-0.39, 0.29) is 5.78 Å². The molecule has 0 aromatic carbocycles. The van der Waals surface area contributed by atoms with Gasteiger partial charge in [0.2, 0.25) is 0 Å². The Kier molecular flexibility index (Phi) is 3.65. The molecule has 0 radical (unpaired) electrons. The molecule has 0 saturated heterocycles. The molecule has 0 aliphatic carbocycles. The van der Waals surface area contributed by atoms with E-state index in [1.807, 2.05) is 43.8 Å². The van der Waals surface area contributed by atoms with E-state index in [1.54, 1.807) is 0 Å². The Bertz CT molecular complexity index is 532. The van der Waals surface area contributed by atoms with E-state index in [0.717, 1.165) is 29.0 Å². The largest absolute Gasteiger partial charge is 0.361 e. The first kappa shape index (κ1) is 12.6. The van der Waals surface area contributed by atoms with Crippen LogP contribution in [0.25, 0.3) is 0 Å². The first-order valence-electron chi connectivity index (χ1n) is 6.22. The molecule has 18 heavy (non-hydrogen) atoms. The van der Waals surface area contributed by atoms with E-state index in [1.165, 1.54) is 0 Å². The van der Waals surface area contributed by atoms with E-state index in [9.17, 15) is 4.79 Å². The maximum atomic E-state index is 11.8. The lowest BCUT2D eigenvalue weighted by Crippen LogP contribution is -2.00.